The van der Waals surface area contributed by atoms with Gasteiger partial charge in [0.2, 0.25) is 0 Å². The van der Waals surface area contributed by atoms with E-state index in [0.29, 0.717) is 22.8 Å². The molecule has 0 aliphatic carbocycles. The number of hydrogen-bond donors (Lipinski definition) is 1. The Balaban J connectivity index is 2.26. The van der Waals surface area contributed by atoms with Crippen molar-refractivity contribution in [1.29, 1.82) is 0 Å². The predicted octanol–water partition coefficient (Wildman–Crippen LogP) is 2.02. The van der Waals surface area contributed by atoms with E-state index in [1.165, 1.54) is 10.6 Å². The number of aromatic nitrogens is 3. The minimum Gasteiger partial charge on any atom is -0.463 e. The van der Waals surface area contributed by atoms with Crippen molar-refractivity contribution >= 4 is 17.2 Å². The zero-order valence-electron chi connectivity index (χ0n) is 8.68. The van der Waals surface area contributed by atoms with Gasteiger partial charge in [-0.1, -0.05) is 0 Å². The summed E-state index contributed by atoms with van der Waals surface area (Å²) in [4.78, 5) is 16.0. The molecule has 0 atom stereocenters. The fourth-order valence-corrected chi connectivity index (χ4v) is 1.80. The van der Waals surface area contributed by atoms with Gasteiger partial charge in [0.1, 0.15) is 5.69 Å². The van der Waals surface area contributed by atoms with Crippen molar-refractivity contribution in [2.24, 2.45) is 0 Å². The number of fused-ring (bicyclic) bond motifs is 1. The summed E-state index contributed by atoms with van der Waals surface area (Å²) in [5.41, 5.74) is 1.59. The average Bonchev–Trinajstić information content (AvgIpc) is 2.96. The van der Waals surface area contributed by atoms with E-state index in [0.717, 1.165) is 0 Å². The van der Waals surface area contributed by atoms with Crippen molar-refractivity contribution in [2.45, 2.75) is 5.88 Å². The van der Waals surface area contributed by atoms with Crippen molar-refractivity contribution in [3.8, 4) is 11.5 Å². The lowest BCUT2D eigenvalue weighted by Gasteiger charge is -1.94. The molecule has 0 aromatic carbocycles. The van der Waals surface area contributed by atoms with Crippen LogP contribution in [0.25, 0.3) is 17.1 Å². The Morgan fingerprint density at radius 2 is 2.35 bits per heavy atom. The van der Waals surface area contributed by atoms with Crippen LogP contribution in [0.1, 0.15) is 5.69 Å². The van der Waals surface area contributed by atoms with Gasteiger partial charge in [-0.15, -0.1) is 11.6 Å². The molecule has 0 aliphatic heterocycles. The maximum absolute atomic E-state index is 11.7. The number of rotatable bonds is 2. The third-order valence-electron chi connectivity index (χ3n) is 2.43. The molecule has 6 heteroatoms. The van der Waals surface area contributed by atoms with E-state index in [-0.39, 0.29) is 11.4 Å². The van der Waals surface area contributed by atoms with Gasteiger partial charge < -0.3 is 4.42 Å². The van der Waals surface area contributed by atoms with Crippen LogP contribution in [0.2, 0.25) is 0 Å². The number of alkyl halides is 1. The first-order chi connectivity index (χ1) is 8.28. The summed E-state index contributed by atoms with van der Waals surface area (Å²) in [6.07, 6.45) is 1.57. The van der Waals surface area contributed by atoms with Gasteiger partial charge in [-0.3, -0.25) is 9.89 Å². The van der Waals surface area contributed by atoms with Crippen molar-refractivity contribution in [1.82, 2.24) is 14.6 Å². The molecule has 1 N–H and O–H groups in total. The molecular formula is C11H8ClN3O2. The normalized spacial score (nSPS) is 11.1. The Morgan fingerprint density at radius 1 is 1.47 bits per heavy atom. The van der Waals surface area contributed by atoms with Gasteiger partial charge in [-0.25, -0.2) is 9.50 Å². The van der Waals surface area contributed by atoms with E-state index in [9.17, 15) is 4.79 Å². The molecule has 17 heavy (non-hydrogen) atoms. The second-order valence-corrected chi connectivity index (χ2v) is 3.83. The first-order valence-corrected chi connectivity index (χ1v) is 5.53. The average molecular weight is 250 g/mol. The lowest BCUT2D eigenvalue weighted by Crippen LogP contribution is -2.14. The van der Waals surface area contributed by atoms with Crippen LogP contribution in [0.5, 0.6) is 0 Å². The topological polar surface area (TPSA) is 63.3 Å². The molecule has 0 spiro atoms. The Kier molecular flexibility index (Phi) is 2.26. The summed E-state index contributed by atoms with van der Waals surface area (Å²) in [7, 11) is 0. The Morgan fingerprint density at radius 3 is 3.06 bits per heavy atom. The van der Waals surface area contributed by atoms with E-state index in [1.54, 1.807) is 24.5 Å². The first kappa shape index (κ1) is 10.2. The number of H-pyrrole nitrogens is 1. The summed E-state index contributed by atoms with van der Waals surface area (Å²) >= 11 is 5.67. The van der Waals surface area contributed by atoms with Gasteiger partial charge in [0, 0.05) is 12.1 Å². The van der Waals surface area contributed by atoms with Gasteiger partial charge in [0.15, 0.2) is 11.4 Å². The van der Waals surface area contributed by atoms with Crippen LogP contribution in [-0.4, -0.2) is 14.6 Å². The number of furan rings is 1. The molecule has 0 bridgehead atoms. The predicted molar refractivity (Wildman–Crippen MR) is 63.1 cm³/mol. The Labute approximate surface area is 101 Å². The Bertz CT molecular complexity index is 712. The monoisotopic (exact) mass is 249 g/mol. The number of hydrogen-bond acceptors (Lipinski definition) is 3. The first-order valence-electron chi connectivity index (χ1n) is 4.99. The fourth-order valence-electron chi connectivity index (χ4n) is 1.67. The minimum atomic E-state index is -0.191. The van der Waals surface area contributed by atoms with E-state index < -0.39 is 0 Å². The lowest BCUT2D eigenvalue weighted by atomic mass is 10.3. The molecule has 3 rings (SSSR count). The van der Waals surface area contributed by atoms with Crippen molar-refractivity contribution in [3.63, 3.8) is 0 Å². The van der Waals surface area contributed by atoms with Crippen LogP contribution in [0.15, 0.2) is 39.7 Å². The molecule has 0 unspecified atom stereocenters. The third kappa shape index (κ3) is 1.64. The largest absolute Gasteiger partial charge is 0.463 e. The van der Waals surface area contributed by atoms with Crippen LogP contribution >= 0.6 is 11.6 Å². The molecule has 0 saturated heterocycles. The smallest absolute Gasteiger partial charge is 0.272 e. The molecular weight excluding hydrogens is 242 g/mol. The van der Waals surface area contributed by atoms with Crippen LogP contribution in [-0.2, 0) is 5.88 Å². The molecule has 3 aromatic rings. The van der Waals surface area contributed by atoms with Gasteiger partial charge in [-0.05, 0) is 12.1 Å². The van der Waals surface area contributed by atoms with Crippen LogP contribution in [0.3, 0.4) is 0 Å². The molecule has 3 aromatic heterocycles. The van der Waals surface area contributed by atoms with E-state index in [2.05, 4.69) is 10.1 Å². The van der Waals surface area contributed by atoms with Crippen LogP contribution < -0.4 is 5.56 Å². The second-order valence-electron chi connectivity index (χ2n) is 3.56. The lowest BCUT2D eigenvalue weighted by molar-refractivity contribution is 0.579. The maximum atomic E-state index is 11.7. The third-order valence-corrected chi connectivity index (χ3v) is 2.70. The van der Waals surface area contributed by atoms with Gasteiger partial charge in [0.25, 0.3) is 5.56 Å². The minimum absolute atomic E-state index is 0.191. The molecule has 0 amide bonds. The van der Waals surface area contributed by atoms with Crippen LogP contribution in [0, 0.1) is 0 Å². The quantitative estimate of drug-likeness (QED) is 0.707. The van der Waals surface area contributed by atoms with Crippen molar-refractivity contribution in [3.05, 3.63) is 46.6 Å². The number of halogens is 1. The van der Waals surface area contributed by atoms with E-state index in [4.69, 9.17) is 16.0 Å². The fraction of sp³-hybridized carbons (Fsp3) is 0.0909. The Hall–Kier alpha value is -2.01. The summed E-state index contributed by atoms with van der Waals surface area (Å²) in [5, 5.41) is 2.92. The number of nitrogens with zero attached hydrogens (tertiary/aromatic N) is 2. The summed E-state index contributed by atoms with van der Waals surface area (Å²) in [6.45, 7) is 0. The van der Waals surface area contributed by atoms with Gasteiger partial charge in [0.05, 0.1) is 17.8 Å². The van der Waals surface area contributed by atoms with Gasteiger partial charge in [-0.2, -0.15) is 0 Å². The van der Waals surface area contributed by atoms with E-state index >= 15 is 0 Å². The highest BCUT2D eigenvalue weighted by Crippen LogP contribution is 2.18. The second kappa shape index (κ2) is 3.78. The van der Waals surface area contributed by atoms with Crippen molar-refractivity contribution < 1.29 is 4.42 Å². The summed E-state index contributed by atoms with van der Waals surface area (Å²) < 4.78 is 6.60. The number of aromatic amines is 1. The molecule has 5 nitrogen and oxygen atoms in total. The maximum Gasteiger partial charge on any atom is 0.272 e. The summed E-state index contributed by atoms with van der Waals surface area (Å²) in [6, 6.07) is 6.73. The molecule has 0 saturated carbocycles. The zero-order valence-corrected chi connectivity index (χ0v) is 9.44. The van der Waals surface area contributed by atoms with Crippen molar-refractivity contribution in [2.75, 3.05) is 0 Å². The number of nitrogens with one attached hydrogen (secondary N) is 1. The highest BCUT2D eigenvalue weighted by Gasteiger charge is 2.08. The standard InChI is InChI=1S/C11H8ClN3O2/c12-6-7-4-11(16)15-10(13-7)5-8(14-15)9-2-1-3-17-9/h1-5,14H,6H2. The molecule has 0 fully saturated rings. The highest BCUT2D eigenvalue weighted by molar-refractivity contribution is 6.16. The van der Waals surface area contributed by atoms with Crippen LogP contribution in [0.4, 0.5) is 0 Å². The molecule has 3 heterocycles. The summed E-state index contributed by atoms with van der Waals surface area (Å²) in [5.74, 6) is 0.870. The molecule has 0 aliphatic rings. The molecule has 86 valence electrons. The molecule has 0 radical (unpaired) electrons. The highest BCUT2D eigenvalue weighted by atomic mass is 35.5. The van der Waals surface area contributed by atoms with Gasteiger partial charge >= 0.3 is 0 Å². The zero-order chi connectivity index (χ0) is 11.8. The van der Waals surface area contributed by atoms with E-state index in [1.807, 2.05) is 0 Å². The SMILES string of the molecule is O=c1cc(CCl)nc2cc(-c3ccco3)[nH]n12.